The predicted octanol–water partition coefficient (Wildman–Crippen LogP) is 3.43. The molecule has 2 rings (SSSR count). The van der Waals surface area contributed by atoms with Crippen LogP contribution in [0.5, 0.6) is 0 Å². The molecule has 2 heteroatoms. The molecule has 14 heavy (non-hydrogen) atoms. The van der Waals surface area contributed by atoms with Gasteiger partial charge in [0.1, 0.15) is 0 Å². The molecule has 0 aliphatic carbocycles. The fourth-order valence-electron chi connectivity index (χ4n) is 1.27. The summed E-state index contributed by atoms with van der Waals surface area (Å²) in [5.74, 6) is 0. The molecule has 1 heterocycles. The monoisotopic (exact) mass is 201 g/mol. The summed E-state index contributed by atoms with van der Waals surface area (Å²) in [4.78, 5) is 6.60. The van der Waals surface area contributed by atoms with Gasteiger partial charge in [0.25, 0.3) is 0 Å². The highest BCUT2D eigenvalue weighted by Gasteiger charge is 2.03. The van der Waals surface area contributed by atoms with E-state index in [0.717, 1.165) is 11.4 Å². The summed E-state index contributed by atoms with van der Waals surface area (Å²) in [6, 6.07) is 8.31. The molecule has 0 aromatic heterocycles. The summed E-state index contributed by atoms with van der Waals surface area (Å²) in [6.45, 7) is 4.72. The van der Waals surface area contributed by atoms with Crippen LogP contribution in [0.4, 0.5) is 0 Å². The van der Waals surface area contributed by atoms with E-state index >= 15 is 0 Å². The maximum Gasteiger partial charge on any atom is 0.0650 e. The molecule has 0 radical (unpaired) electrons. The molecule has 0 amide bonds. The topological polar surface area (TPSA) is 12.4 Å². The summed E-state index contributed by atoms with van der Waals surface area (Å²) in [6.07, 6.45) is 5.74. The molecule has 70 valence electrons. The first kappa shape index (κ1) is 9.28. The second-order valence-electron chi connectivity index (χ2n) is 3.02. The highest BCUT2D eigenvalue weighted by molar-refractivity contribution is 8.03. The van der Waals surface area contributed by atoms with E-state index in [1.54, 1.807) is 11.8 Å². The van der Waals surface area contributed by atoms with E-state index in [1.165, 1.54) is 10.5 Å². The smallest absolute Gasteiger partial charge is 0.0650 e. The largest absolute Gasteiger partial charge is 0.288 e. The van der Waals surface area contributed by atoms with E-state index in [-0.39, 0.29) is 0 Å². The molecule has 0 spiro atoms. The Balaban J connectivity index is 2.39. The first-order valence-corrected chi connectivity index (χ1v) is 5.29. The van der Waals surface area contributed by atoms with E-state index in [2.05, 4.69) is 23.7 Å². The summed E-state index contributed by atoms with van der Waals surface area (Å²) in [5.41, 5.74) is 1.26. The van der Waals surface area contributed by atoms with Gasteiger partial charge in [0.15, 0.2) is 0 Å². The first-order chi connectivity index (χ1) is 6.86. The number of rotatable bonds is 0. The predicted molar refractivity (Wildman–Crippen MR) is 62.8 cm³/mol. The van der Waals surface area contributed by atoms with E-state index in [1.807, 2.05) is 30.5 Å². The van der Waals surface area contributed by atoms with Crippen molar-refractivity contribution < 1.29 is 0 Å². The van der Waals surface area contributed by atoms with Crippen LogP contribution in [-0.2, 0) is 6.54 Å². The van der Waals surface area contributed by atoms with Crippen molar-refractivity contribution in [2.75, 3.05) is 0 Å². The van der Waals surface area contributed by atoms with Crippen LogP contribution >= 0.6 is 11.8 Å². The second kappa shape index (κ2) is 4.29. The molecule has 0 N–H and O–H groups in total. The van der Waals surface area contributed by atoms with Gasteiger partial charge in [0.05, 0.1) is 6.54 Å². The van der Waals surface area contributed by atoms with Crippen LogP contribution in [0.3, 0.4) is 0 Å². The van der Waals surface area contributed by atoms with Gasteiger partial charge in [-0.3, -0.25) is 4.99 Å². The fourth-order valence-corrected chi connectivity index (χ4v) is 2.11. The third-order valence-corrected chi connectivity index (χ3v) is 2.97. The van der Waals surface area contributed by atoms with Gasteiger partial charge in [-0.05, 0) is 23.8 Å². The third-order valence-electron chi connectivity index (χ3n) is 1.95. The Bertz CT molecular complexity index is 405. The van der Waals surface area contributed by atoms with Gasteiger partial charge in [-0.25, -0.2) is 0 Å². The Morgan fingerprint density at radius 2 is 2.14 bits per heavy atom. The van der Waals surface area contributed by atoms with Crippen LogP contribution in [0, 0.1) is 0 Å². The zero-order valence-electron chi connectivity index (χ0n) is 7.81. The molecule has 1 aliphatic heterocycles. The zero-order valence-corrected chi connectivity index (χ0v) is 8.63. The first-order valence-electron chi connectivity index (χ1n) is 4.47. The molecule has 0 fully saturated rings. The van der Waals surface area contributed by atoms with Crippen LogP contribution in [0.15, 0.2) is 57.8 Å². The van der Waals surface area contributed by atoms with Crippen LogP contribution in [0.25, 0.3) is 0 Å². The summed E-state index contributed by atoms with van der Waals surface area (Å²) in [7, 11) is 0. The van der Waals surface area contributed by atoms with Crippen molar-refractivity contribution in [3.63, 3.8) is 0 Å². The normalized spacial score (nSPS) is 17.9. The molecular formula is C12H11NS. The Kier molecular flexibility index (Phi) is 2.84. The number of allylic oxidation sites excluding steroid dienone is 2. The van der Waals surface area contributed by atoms with Crippen molar-refractivity contribution in [3.8, 4) is 0 Å². The molecule has 1 aromatic carbocycles. The molecule has 0 saturated carbocycles. The van der Waals surface area contributed by atoms with Crippen LogP contribution in [0.1, 0.15) is 5.56 Å². The van der Waals surface area contributed by atoms with Gasteiger partial charge >= 0.3 is 0 Å². The summed E-state index contributed by atoms with van der Waals surface area (Å²) >= 11 is 1.70. The SMILES string of the molecule is C=C1/C=C\C=NCc2ccccc2S1. The minimum atomic E-state index is 0.751. The number of benzene rings is 1. The van der Waals surface area contributed by atoms with Crippen molar-refractivity contribution in [1.29, 1.82) is 0 Å². The van der Waals surface area contributed by atoms with Gasteiger partial charge in [0, 0.05) is 16.0 Å². The quantitative estimate of drug-likeness (QED) is 0.626. The van der Waals surface area contributed by atoms with Crippen LogP contribution in [0.2, 0.25) is 0 Å². The lowest BCUT2D eigenvalue weighted by Crippen LogP contribution is -1.84. The van der Waals surface area contributed by atoms with E-state index in [9.17, 15) is 0 Å². The molecule has 1 aliphatic rings. The zero-order chi connectivity index (χ0) is 9.80. The van der Waals surface area contributed by atoms with Gasteiger partial charge in [-0.15, -0.1) is 0 Å². The molecule has 0 atom stereocenters. The Morgan fingerprint density at radius 1 is 1.29 bits per heavy atom. The van der Waals surface area contributed by atoms with Gasteiger partial charge in [0.2, 0.25) is 0 Å². The molecule has 0 unspecified atom stereocenters. The lowest BCUT2D eigenvalue weighted by atomic mass is 10.2. The molecular weight excluding hydrogens is 190 g/mol. The Morgan fingerprint density at radius 3 is 3.07 bits per heavy atom. The lowest BCUT2D eigenvalue weighted by molar-refractivity contribution is 1.04. The number of nitrogens with zero attached hydrogens (tertiary/aromatic N) is 1. The Labute approximate surface area is 88.3 Å². The van der Waals surface area contributed by atoms with Gasteiger partial charge in [-0.1, -0.05) is 36.5 Å². The van der Waals surface area contributed by atoms with E-state index in [4.69, 9.17) is 0 Å². The standard InChI is InChI=1S/C12H11NS/c1-10-5-4-8-13-9-11-6-2-3-7-12(11)14-10/h2-8H,1,9H2/b5-4-,13-8?. The fraction of sp³-hybridized carbons (Fsp3) is 0.0833. The average molecular weight is 201 g/mol. The van der Waals surface area contributed by atoms with Crippen LogP contribution in [-0.4, -0.2) is 6.21 Å². The highest BCUT2D eigenvalue weighted by Crippen LogP contribution is 2.30. The van der Waals surface area contributed by atoms with Crippen molar-refractivity contribution >= 4 is 18.0 Å². The number of hydrogen-bond donors (Lipinski definition) is 0. The molecule has 0 bridgehead atoms. The average Bonchev–Trinajstić information content (AvgIpc) is 2.27. The van der Waals surface area contributed by atoms with Crippen LogP contribution < -0.4 is 0 Å². The van der Waals surface area contributed by atoms with Gasteiger partial charge in [-0.2, -0.15) is 0 Å². The Hall–Kier alpha value is -1.28. The summed E-state index contributed by atoms with van der Waals surface area (Å²) < 4.78 is 0. The molecule has 0 saturated heterocycles. The lowest BCUT2D eigenvalue weighted by Gasteiger charge is -2.05. The number of aliphatic imine (C=N–C) groups is 1. The van der Waals surface area contributed by atoms with E-state index < -0.39 is 0 Å². The molecule has 1 nitrogen and oxygen atoms in total. The van der Waals surface area contributed by atoms with Crippen molar-refractivity contribution in [1.82, 2.24) is 0 Å². The number of fused-ring (bicyclic) bond motifs is 1. The third kappa shape index (κ3) is 2.15. The maximum atomic E-state index is 4.30. The van der Waals surface area contributed by atoms with Gasteiger partial charge < -0.3 is 0 Å². The van der Waals surface area contributed by atoms with E-state index in [0.29, 0.717) is 0 Å². The highest BCUT2D eigenvalue weighted by atomic mass is 32.2. The number of hydrogen-bond acceptors (Lipinski definition) is 2. The minimum absolute atomic E-state index is 0.751. The molecule has 1 aromatic rings. The maximum absolute atomic E-state index is 4.30. The minimum Gasteiger partial charge on any atom is -0.288 e. The van der Waals surface area contributed by atoms with Crippen molar-refractivity contribution in [3.05, 3.63) is 53.5 Å². The number of thioether (sulfide) groups is 1. The van der Waals surface area contributed by atoms with Crippen molar-refractivity contribution in [2.24, 2.45) is 4.99 Å². The summed E-state index contributed by atoms with van der Waals surface area (Å²) in [5, 5.41) is 0. The van der Waals surface area contributed by atoms with Crippen molar-refractivity contribution in [2.45, 2.75) is 11.4 Å². The second-order valence-corrected chi connectivity index (χ2v) is 4.19.